The number of hydrogen-bond donors (Lipinski definition) is 1. The molecule has 1 nitrogen and oxygen atoms in total. The van der Waals surface area contributed by atoms with Crippen LogP contribution in [0.1, 0.15) is 13.3 Å². The van der Waals surface area contributed by atoms with Gasteiger partial charge in [0.2, 0.25) is 0 Å². The summed E-state index contributed by atoms with van der Waals surface area (Å²) in [6.45, 7) is 1.86. The number of rotatable bonds is 0. The van der Waals surface area contributed by atoms with E-state index in [-0.39, 0.29) is 0 Å². The Morgan fingerprint density at radius 1 is 1.06 bits per heavy atom. The highest BCUT2D eigenvalue weighted by Gasteiger charge is 2.26. The van der Waals surface area contributed by atoms with Gasteiger partial charge in [0.1, 0.15) is 5.60 Å². The third-order valence-corrected chi connectivity index (χ3v) is 3.52. The van der Waals surface area contributed by atoms with Gasteiger partial charge >= 0.3 is 0 Å². The van der Waals surface area contributed by atoms with E-state index in [1.54, 1.807) is 0 Å². The summed E-state index contributed by atoms with van der Waals surface area (Å²) < 4.78 is 0. The van der Waals surface area contributed by atoms with E-state index in [1.165, 1.54) is 5.57 Å². The first-order chi connectivity index (χ1) is 8.67. The van der Waals surface area contributed by atoms with Crippen molar-refractivity contribution in [2.24, 2.45) is 0 Å². The van der Waals surface area contributed by atoms with Crippen LogP contribution in [0.2, 0.25) is 0 Å². The summed E-state index contributed by atoms with van der Waals surface area (Å²) >= 11 is 0. The minimum atomic E-state index is -0.916. The van der Waals surface area contributed by atoms with Crippen molar-refractivity contribution in [1.29, 1.82) is 0 Å². The predicted molar refractivity (Wildman–Crippen MR) is 75.2 cm³/mol. The quantitative estimate of drug-likeness (QED) is 0.728. The van der Waals surface area contributed by atoms with Crippen molar-refractivity contribution >= 4 is 12.2 Å². The molecule has 2 aliphatic rings. The third kappa shape index (κ3) is 1.87. The van der Waals surface area contributed by atoms with Gasteiger partial charge in [-0.05, 0) is 41.0 Å². The van der Waals surface area contributed by atoms with Crippen LogP contribution in [0.4, 0.5) is 0 Å². The van der Waals surface area contributed by atoms with Crippen LogP contribution >= 0.6 is 0 Å². The van der Waals surface area contributed by atoms with E-state index >= 15 is 0 Å². The number of allylic oxidation sites excluding steroid dienone is 4. The molecule has 1 atom stereocenters. The Bertz CT molecular complexity index is 685. The van der Waals surface area contributed by atoms with Crippen molar-refractivity contribution in [2.75, 3.05) is 0 Å². The molecule has 1 N–H and O–H groups in total. The molecule has 0 fully saturated rings. The standard InChI is InChI=1S/C17H16O/c1-17(18)12-15-8-3-2-6-13(15)10-11-14-7-4-5-9-16(14)17/h2-6,8-12,18H,7H2,1H3/b13-10-,14-11-,15-12-. The Morgan fingerprint density at radius 2 is 1.83 bits per heavy atom. The minimum absolute atomic E-state index is 0.883. The summed E-state index contributed by atoms with van der Waals surface area (Å²) in [6.07, 6.45) is 13.2. The molecule has 1 aromatic rings. The van der Waals surface area contributed by atoms with Crippen LogP contribution in [0.25, 0.3) is 12.2 Å². The van der Waals surface area contributed by atoms with Crippen LogP contribution in [0.15, 0.2) is 59.7 Å². The van der Waals surface area contributed by atoms with Crippen molar-refractivity contribution in [3.8, 4) is 0 Å². The van der Waals surface area contributed by atoms with Crippen molar-refractivity contribution in [2.45, 2.75) is 18.9 Å². The van der Waals surface area contributed by atoms with Crippen LogP contribution < -0.4 is 10.4 Å². The van der Waals surface area contributed by atoms with Gasteiger partial charge in [-0.1, -0.05) is 54.6 Å². The molecule has 0 saturated carbocycles. The van der Waals surface area contributed by atoms with Gasteiger partial charge in [-0.25, -0.2) is 0 Å². The Balaban J connectivity index is 2.34. The van der Waals surface area contributed by atoms with E-state index < -0.39 is 5.60 Å². The van der Waals surface area contributed by atoms with Crippen LogP contribution in [0.5, 0.6) is 0 Å². The topological polar surface area (TPSA) is 20.2 Å². The Hall–Kier alpha value is -1.86. The molecule has 1 heteroatoms. The molecule has 18 heavy (non-hydrogen) atoms. The Kier molecular flexibility index (Phi) is 2.57. The maximum absolute atomic E-state index is 10.7. The second kappa shape index (κ2) is 4.11. The Labute approximate surface area is 107 Å². The fourth-order valence-electron chi connectivity index (χ4n) is 2.59. The lowest BCUT2D eigenvalue weighted by molar-refractivity contribution is 0.169. The van der Waals surface area contributed by atoms with Gasteiger partial charge in [0.05, 0.1) is 0 Å². The lowest BCUT2D eigenvalue weighted by Crippen LogP contribution is -2.34. The van der Waals surface area contributed by atoms with Crippen molar-refractivity contribution < 1.29 is 5.11 Å². The summed E-state index contributed by atoms with van der Waals surface area (Å²) in [7, 11) is 0. The highest BCUT2D eigenvalue weighted by Crippen LogP contribution is 2.30. The number of hydrogen-bond acceptors (Lipinski definition) is 1. The molecule has 1 unspecified atom stereocenters. The first-order valence-corrected chi connectivity index (χ1v) is 6.26. The normalized spacial score (nSPS) is 32.1. The molecule has 0 radical (unpaired) electrons. The smallest absolute Gasteiger partial charge is 0.106 e. The zero-order valence-electron chi connectivity index (χ0n) is 10.4. The van der Waals surface area contributed by atoms with Gasteiger partial charge in [-0.3, -0.25) is 0 Å². The first kappa shape index (κ1) is 11.2. The molecule has 0 aliphatic heterocycles. The van der Waals surface area contributed by atoms with E-state index in [4.69, 9.17) is 0 Å². The van der Waals surface area contributed by atoms with E-state index in [9.17, 15) is 5.11 Å². The molecule has 0 saturated heterocycles. The number of aliphatic hydroxyl groups is 1. The van der Waals surface area contributed by atoms with Gasteiger partial charge in [-0.15, -0.1) is 0 Å². The molecule has 2 aliphatic carbocycles. The monoisotopic (exact) mass is 236 g/mol. The average Bonchev–Trinajstić information content (AvgIpc) is 2.36. The zero-order valence-corrected chi connectivity index (χ0v) is 10.4. The van der Waals surface area contributed by atoms with Gasteiger partial charge in [0.15, 0.2) is 0 Å². The predicted octanol–water partition coefficient (Wildman–Crippen LogP) is 1.82. The van der Waals surface area contributed by atoms with Crippen molar-refractivity contribution in [1.82, 2.24) is 0 Å². The third-order valence-electron chi connectivity index (χ3n) is 3.52. The summed E-state index contributed by atoms with van der Waals surface area (Å²) in [6, 6.07) is 8.14. The zero-order chi connectivity index (χ0) is 12.6. The summed E-state index contributed by atoms with van der Waals surface area (Å²) in [5.74, 6) is 0. The van der Waals surface area contributed by atoms with Crippen LogP contribution in [0.3, 0.4) is 0 Å². The Morgan fingerprint density at radius 3 is 2.67 bits per heavy atom. The first-order valence-electron chi connectivity index (χ1n) is 6.26. The SMILES string of the molecule is CC1(O)/C=c2/cccc/c2=C/C=C2/CC=CC=C21. The van der Waals surface area contributed by atoms with E-state index in [0.29, 0.717) is 0 Å². The summed E-state index contributed by atoms with van der Waals surface area (Å²) in [5, 5.41) is 12.9. The second-order valence-corrected chi connectivity index (χ2v) is 4.99. The lowest BCUT2D eigenvalue weighted by atomic mass is 9.83. The second-order valence-electron chi connectivity index (χ2n) is 4.99. The molecule has 1 aromatic carbocycles. The lowest BCUT2D eigenvalue weighted by Gasteiger charge is -2.27. The molecule has 0 spiro atoms. The fourth-order valence-corrected chi connectivity index (χ4v) is 2.59. The molecule has 90 valence electrons. The molecule has 0 amide bonds. The molecule has 0 heterocycles. The van der Waals surface area contributed by atoms with Crippen LogP contribution in [-0.2, 0) is 0 Å². The maximum Gasteiger partial charge on any atom is 0.106 e. The number of benzene rings is 1. The van der Waals surface area contributed by atoms with Crippen LogP contribution in [-0.4, -0.2) is 10.7 Å². The number of fused-ring (bicyclic) bond motifs is 2. The highest BCUT2D eigenvalue weighted by atomic mass is 16.3. The molecular formula is C17H16O. The molecular weight excluding hydrogens is 220 g/mol. The molecule has 0 bridgehead atoms. The summed E-state index contributed by atoms with van der Waals surface area (Å²) in [4.78, 5) is 0. The minimum Gasteiger partial charge on any atom is -0.381 e. The van der Waals surface area contributed by atoms with Crippen LogP contribution in [0, 0.1) is 0 Å². The largest absolute Gasteiger partial charge is 0.381 e. The van der Waals surface area contributed by atoms with Crippen molar-refractivity contribution in [3.63, 3.8) is 0 Å². The molecule has 3 rings (SSSR count). The summed E-state index contributed by atoms with van der Waals surface area (Å²) in [5.41, 5.74) is 1.27. The van der Waals surface area contributed by atoms with Gasteiger partial charge in [0, 0.05) is 0 Å². The van der Waals surface area contributed by atoms with Gasteiger partial charge in [-0.2, -0.15) is 0 Å². The molecule has 0 aromatic heterocycles. The van der Waals surface area contributed by atoms with E-state index in [0.717, 1.165) is 22.4 Å². The average molecular weight is 236 g/mol. The highest BCUT2D eigenvalue weighted by molar-refractivity contribution is 5.60. The van der Waals surface area contributed by atoms with E-state index in [1.807, 2.05) is 43.4 Å². The van der Waals surface area contributed by atoms with Crippen molar-refractivity contribution in [3.05, 3.63) is 70.2 Å². The fraction of sp³-hybridized carbons (Fsp3) is 0.176. The van der Waals surface area contributed by atoms with E-state index in [2.05, 4.69) is 24.3 Å². The van der Waals surface area contributed by atoms with Gasteiger partial charge in [0.25, 0.3) is 0 Å². The van der Waals surface area contributed by atoms with Gasteiger partial charge < -0.3 is 5.11 Å². The maximum atomic E-state index is 10.7.